The van der Waals surface area contributed by atoms with Crippen LogP contribution in [0.5, 0.6) is 0 Å². The molecule has 0 fully saturated rings. The van der Waals surface area contributed by atoms with Gasteiger partial charge < -0.3 is 10.6 Å². The van der Waals surface area contributed by atoms with Gasteiger partial charge in [-0.15, -0.1) is 0 Å². The fourth-order valence-corrected chi connectivity index (χ4v) is 0.136. The number of amides is 1. The molecule has 0 aliphatic carbocycles. The first kappa shape index (κ1) is 7.43. The summed E-state index contributed by atoms with van der Waals surface area (Å²) in [5.41, 5.74) is 4.96. The summed E-state index contributed by atoms with van der Waals surface area (Å²) in [5.74, 6) is 0. The molecule has 1 amide bonds. The van der Waals surface area contributed by atoms with Crippen LogP contribution in [0.15, 0.2) is 0 Å². The first-order valence-corrected chi connectivity index (χ1v) is 2.45. The van der Waals surface area contributed by atoms with E-state index in [1.807, 2.05) is 0 Å². The molecule has 48 valence electrons. The standard InChI is InChI=1S/C5H12N2O/c1-5(2,6)7(3)4-8/h4H,6H2,1-3H3. The fraction of sp³-hybridized carbons (Fsp3) is 0.800. The number of nitrogens with zero attached hydrogens (tertiary/aromatic N) is 1. The normalized spacial score (nSPS) is 11.0. The molecular formula is C5H12N2O. The Kier molecular flexibility index (Phi) is 1.98. The highest BCUT2D eigenvalue weighted by Gasteiger charge is 2.13. The zero-order valence-corrected chi connectivity index (χ0v) is 5.51. The summed E-state index contributed by atoms with van der Waals surface area (Å²) >= 11 is 0. The molecule has 0 aromatic rings. The molecule has 0 atom stereocenters. The highest BCUT2D eigenvalue weighted by Crippen LogP contribution is 1.98. The second-order valence-electron chi connectivity index (χ2n) is 2.37. The van der Waals surface area contributed by atoms with Crippen molar-refractivity contribution < 1.29 is 4.79 Å². The van der Waals surface area contributed by atoms with Crippen LogP contribution in [-0.4, -0.2) is 24.0 Å². The molecule has 3 nitrogen and oxygen atoms in total. The van der Waals surface area contributed by atoms with Gasteiger partial charge in [0.1, 0.15) is 0 Å². The Morgan fingerprint density at radius 2 is 2.00 bits per heavy atom. The molecule has 0 aromatic heterocycles. The summed E-state index contributed by atoms with van der Waals surface area (Å²) in [6.07, 6.45) is 0.708. The summed E-state index contributed by atoms with van der Waals surface area (Å²) in [5, 5.41) is 0. The lowest BCUT2D eigenvalue weighted by atomic mass is 10.2. The van der Waals surface area contributed by atoms with Crippen molar-refractivity contribution in [1.82, 2.24) is 4.90 Å². The third-order valence-corrected chi connectivity index (χ3v) is 1.07. The molecule has 0 spiro atoms. The molecule has 0 aliphatic rings. The number of rotatable bonds is 2. The zero-order chi connectivity index (χ0) is 6.78. The van der Waals surface area contributed by atoms with Gasteiger partial charge in [-0.2, -0.15) is 0 Å². The van der Waals surface area contributed by atoms with E-state index in [0.29, 0.717) is 6.41 Å². The lowest BCUT2D eigenvalue weighted by Gasteiger charge is -2.27. The molecule has 0 radical (unpaired) electrons. The monoisotopic (exact) mass is 116 g/mol. The summed E-state index contributed by atoms with van der Waals surface area (Å²) in [4.78, 5) is 11.4. The van der Waals surface area contributed by atoms with Crippen LogP contribution in [0.4, 0.5) is 0 Å². The van der Waals surface area contributed by atoms with Gasteiger partial charge in [0, 0.05) is 7.05 Å². The minimum atomic E-state index is -0.526. The highest BCUT2D eigenvalue weighted by molar-refractivity contribution is 5.47. The maximum absolute atomic E-state index is 10.00. The predicted octanol–water partition coefficient (Wildman–Crippen LogP) is -0.231. The van der Waals surface area contributed by atoms with Crippen molar-refractivity contribution in [3.05, 3.63) is 0 Å². The van der Waals surface area contributed by atoms with Crippen LogP contribution in [0.1, 0.15) is 13.8 Å². The van der Waals surface area contributed by atoms with Crippen LogP contribution in [0.3, 0.4) is 0 Å². The Morgan fingerprint density at radius 3 is 2.00 bits per heavy atom. The molecule has 0 saturated carbocycles. The first-order chi connectivity index (χ1) is 3.48. The van der Waals surface area contributed by atoms with Crippen molar-refractivity contribution in [3.8, 4) is 0 Å². The number of nitrogens with two attached hydrogens (primary N) is 1. The molecule has 0 saturated heterocycles. The van der Waals surface area contributed by atoms with Gasteiger partial charge in [-0.25, -0.2) is 0 Å². The van der Waals surface area contributed by atoms with Gasteiger partial charge in [0.05, 0.1) is 5.66 Å². The van der Waals surface area contributed by atoms with Crippen molar-refractivity contribution in [3.63, 3.8) is 0 Å². The average molecular weight is 116 g/mol. The third kappa shape index (κ3) is 1.93. The van der Waals surface area contributed by atoms with Gasteiger partial charge in [-0.1, -0.05) is 0 Å². The quantitative estimate of drug-likeness (QED) is 0.400. The molecule has 8 heavy (non-hydrogen) atoms. The van der Waals surface area contributed by atoms with Crippen molar-refractivity contribution in [2.45, 2.75) is 19.5 Å². The minimum absolute atomic E-state index is 0.526. The average Bonchev–Trinajstić information content (AvgIpc) is 1.62. The fourth-order valence-electron chi connectivity index (χ4n) is 0.136. The van der Waals surface area contributed by atoms with Crippen LogP contribution in [0.25, 0.3) is 0 Å². The van der Waals surface area contributed by atoms with Crippen molar-refractivity contribution >= 4 is 6.41 Å². The van der Waals surface area contributed by atoms with E-state index in [2.05, 4.69) is 0 Å². The van der Waals surface area contributed by atoms with Gasteiger partial charge in [-0.3, -0.25) is 4.79 Å². The molecule has 0 rings (SSSR count). The molecule has 0 aromatic carbocycles. The van der Waals surface area contributed by atoms with Crippen LogP contribution < -0.4 is 5.73 Å². The van der Waals surface area contributed by atoms with Crippen molar-refractivity contribution in [1.29, 1.82) is 0 Å². The van der Waals surface area contributed by atoms with E-state index >= 15 is 0 Å². The minimum Gasteiger partial charge on any atom is -0.331 e. The van der Waals surface area contributed by atoms with E-state index < -0.39 is 5.66 Å². The molecule has 0 unspecified atom stereocenters. The highest BCUT2D eigenvalue weighted by atomic mass is 16.1. The maximum atomic E-state index is 10.00. The zero-order valence-electron chi connectivity index (χ0n) is 5.51. The molecule has 0 bridgehead atoms. The molecule has 3 heteroatoms. The third-order valence-electron chi connectivity index (χ3n) is 1.07. The van der Waals surface area contributed by atoms with Gasteiger partial charge >= 0.3 is 0 Å². The maximum Gasteiger partial charge on any atom is 0.210 e. The smallest absolute Gasteiger partial charge is 0.210 e. The molecule has 0 heterocycles. The predicted molar refractivity (Wildman–Crippen MR) is 32.1 cm³/mol. The first-order valence-electron chi connectivity index (χ1n) is 2.45. The second kappa shape index (κ2) is 2.13. The van der Waals surface area contributed by atoms with E-state index in [0.717, 1.165) is 0 Å². The summed E-state index contributed by atoms with van der Waals surface area (Å²) in [6.45, 7) is 3.53. The van der Waals surface area contributed by atoms with E-state index in [4.69, 9.17) is 5.73 Å². The molecule has 2 N–H and O–H groups in total. The van der Waals surface area contributed by atoms with Crippen LogP contribution in [0, 0.1) is 0 Å². The Hall–Kier alpha value is -0.570. The van der Waals surface area contributed by atoms with Gasteiger partial charge in [-0.05, 0) is 13.8 Å². The van der Waals surface area contributed by atoms with E-state index in [9.17, 15) is 4.79 Å². The summed E-state index contributed by atoms with van der Waals surface area (Å²) in [7, 11) is 1.65. The van der Waals surface area contributed by atoms with Gasteiger partial charge in [0.15, 0.2) is 0 Å². The number of hydrogen-bond donors (Lipinski definition) is 1. The van der Waals surface area contributed by atoms with Gasteiger partial charge in [0.25, 0.3) is 0 Å². The number of hydrogen-bond acceptors (Lipinski definition) is 2. The Labute approximate surface area is 49.5 Å². The Morgan fingerprint density at radius 1 is 1.62 bits per heavy atom. The summed E-state index contributed by atoms with van der Waals surface area (Å²) in [6, 6.07) is 0. The second-order valence-corrected chi connectivity index (χ2v) is 2.37. The van der Waals surface area contributed by atoms with E-state index in [-0.39, 0.29) is 0 Å². The SMILES string of the molecule is CN(C=O)C(C)(C)N. The largest absolute Gasteiger partial charge is 0.331 e. The summed E-state index contributed by atoms with van der Waals surface area (Å²) < 4.78 is 0. The van der Waals surface area contributed by atoms with Crippen LogP contribution >= 0.6 is 0 Å². The van der Waals surface area contributed by atoms with Crippen molar-refractivity contribution in [2.24, 2.45) is 5.73 Å². The van der Waals surface area contributed by atoms with Crippen molar-refractivity contribution in [2.75, 3.05) is 7.05 Å². The van der Waals surface area contributed by atoms with E-state index in [1.165, 1.54) is 4.90 Å². The number of carbonyl (C=O) groups is 1. The molecule has 0 aliphatic heterocycles. The van der Waals surface area contributed by atoms with Crippen LogP contribution in [0.2, 0.25) is 0 Å². The Bertz CT molecular complexity index is 84.9. The Balaban J connectivity index is 3.80. The molecular weight excluding hydrogens is 104 g/mol. The van der Waals surface area contributed by atoms with Gasteiger partial charge in [0.2, 0.25) is 6.41 Å². The van der Waals surface area contributed by atoms with Crippen LogP contribution in [-0.2, 0) is 4.79 Å². The lowest BCUT2D eigenvalue weighted by molar-refractivity contribution is -0.120. The topological polar surface area (TPSA) is 46.3 Å². The number of carbonyl (C=O) groups excluding carboxylic acids is 1. The van der Waals surface area contributed by atoms with E-state index in [1.54, 1.807) is 20.9 Å². The lowest BCUT2D eigenvalue weighted by Crippen LogP contribution is -2.48.